The molecule has 4 nitrogen and oxygen atoms in total. The summed E-state index contributed by atoms with van der Waals surface area (Å²) >= 11 is 0.308. The van der Waals surface area contributed by atoms with Gasteiger partial charge in [-0.05, 0) is 0 Å². The first kappa shape index (κ1) is 23.1. The number of nitrogens with zero attached hydrogens (tertiary/aromatic N) is 4. The number of benzene rings is 5. The van der Waals surface area contributed by atoms with Crippen molar-refractivity contribution >= 4 is 46.0 Å². The molecule has 40 heavy (non-hydrogen) atoms. The second-order valence-corrected chi connectivity index (χ2v) is 11.7. The van der Waals surface area contributed by atoms with Gasteiger partial charge in [0, 0.05) is 0 Å². The van der Waals surface area contributed by atoms with Gasteiger partial charge in [-0.2, -0.15) is 0 Å². The molecule has 5 aromatic carbocycles. The fraction of sp³-hybridized carbons (Fsp3) is 0. The van der Waals surface area contributed by atoms with E-state index in [0.717, 1.165) is 22.4 Å². The van der Waals surface area contributed by atoms with E-state index in [4.69, 9.17) is 15.0 Å². The Balaban J connectivity index is 1.37. The molecule has 3 aromatic heterocycles. The monoisotopic (exact) mass is 578 g/mol. The molecule has 0 spiro atoms. The molecule has 0 radical (unpaired) electrons. The molecule has 0 amide bonds. The molecule has 3 heterocycles. The number of aromatic nitrogens is 4. The van der Waals surface area contributed by atoms with Crippen molar-refractivity contribution in [2.24, 2.45) is 0 Å². The van der Waals surface area contributed by atoms with Crippen molar-refractivity contribution in [3.63, 3.8) is 0 Å². The molecule has 0 unspecified atom stereocenters. The van der Waals surface area contributed by atoms with Crippen LogP contribution >= 0.6 is 0 Å². The summed E-state index contributed by atoms with van der Waals surface area (Å²) in [5, 5.41) is 3.89. The Bertz CT molecular complexity index is 2100. The molecule has 5 heteroatoms. The Morgan fingerprint density at radius 2 is 1.12 bits per heavy atom. The summed E-state index contributed by atoms with van der Waals surface area (Å²) < 4.78 is 3.85. The van der Waals surface area contributed by atoms with E-state index >= 15 is 0 Å². The van der Waals surface area contributed by atoms with Gasteiger partial charge in [0.1, 0.15) is 0 Å². The van der Waals surface area contributed by atoms with Crippen molar-refractivity contribution in [3.8, 4) is 39.9 Å². The van der Waals surface area contributed by atoms with Gasteiger partial charge in [0.15, 0.2) is 0 Å². The molecule has 0 aliphatic heterocycles. The number of hydrogen-bond donors (Lipinski definition) is 0. The maximum atomic E-state index is 4.97. The quantitative estimate of drug-likeness (QED) is 0.198. The zero-order chi connectivity index (χ0) is 26.5. The Morgan fingerprint density at radius 3 is 1.85 bits per heavy atom. The average molecular weight is 578 g/mol. The fourth-order valence-electron chi connectivity index (χ4n) is 5.46. The first-order valence-electron chi connectivity index (χ1n) is 13.2. The van der Waals surface area contributed by atoms with Crippen LogP contribution in [0.25, 0.3) is 71.3 Å². The molecule has 0 aliphatic rings. The molecule has 8 aromatic rings. The van der Waals surface area contributed by atoms with E-state index in [2.05, 4.69) is 76.2 Å². The molecule has 0 N–H and O–H groups in total. The summed E-state index contributed by atoms with van der Waals surface area (Å²) in [6.45, 7) is 0. The summed E-state index contributed by atoms with van der Waals surface area (Å²) in [5.74, 6) is 1.99. The van der Waals surface area contributed by atoms with Crippen LogP contribution in [0.5, 0.6) is 0 Å². The fourth-order valence-corrected chi connectivity index (χ4v) is 7.43. The van der Waals surface area contributed by atoms with Gasteiger partial charge in [-0.1, -0.05) is 12.1 Å². The molecular weight excluding hydrogens is 555 g/mol. The van der Waals surface area contributed by atoms with Crippen LogP contribution in [0.15, 0.2) is 132 Å². The van der Waals surface area contributed by atoms with Crippen LogP contribution < -0.4 is 0 Å². The maximum absolute atomic E-state index is 4.97. The van der Waals surface area contributed by atoms with Gasteiger partial charge in [0.25, 0.3) is 0 Å². The van der Waals surface area contributed by atoms with Gasteiger partial charge in [-0.15, -0.1) is 0 Å². The third-order valence-corrected chi connectivity index (χ3v) is 9.28. The molecule has 0 saturated heterocycles. The molecule has 0 fully saturated rings. The molecule has 8 rings (SSSR count). The predicted molar refractivity (Wildman–Crippen MR) is 165 cm³/mol. The zero-order valence-electron chi connectivity index (χ0n) is 21.4. The van der Waals surface area contributed by atoms with E-state index in [-0.39, 0.29) is 0 Å². The van der Waals surface area contributed by atoms with Gasteiger partial charge in [0.05, 0.1) is 0 Å². The Morgan fingerprint density at radius 1 is 0.500 bits per heavy atom. The van der Waals surface area contributed by atoms with Crippen molar-refractivity contribution in [2.45, 2.75) is 0 Å². The van der Waals surface area contributed by atoms with Crippen LogP contribution in [-0.4, -0.2) is 34.0 Å². The van der Waals surface area contributed by atoms with Gasteiger partial charge in [-0.25, -0.2) is 0 Å². The minimum absolute atomic E-state index is 0.308. The second-order valence-electron chi connectivity index (χ2n) is 9.74. The standard InChI is InChI=1S/C35H22N4Se/c1-3-10-24(11-4-1)33-36-34(25-12-5-2-6-13-25)38-35(37-33)26-14-9-15-27(22-26)39-30-17-8-7-16-28(30)29-19-18-23-20-21-40-32(23)31(29)39/h1-22H. The van der Waals surface area contributed by atoms with Crippen LogP contribution in [0.2, 0.25) is 0 Å². The van der Waals surface area contributed by atoms with Crippen molar-refractivity contribution in [1.82, 2.24) is 19.5 Å². The molecule has 0 saturated carbocycles. The zero-order valence-corrected chi connectivity index (χ0v) is 23.1. The number of hydrogen-bond acceptors (Lipinski definition) is 3. The third-order valence-electron chi connectivity index (χ3n) is 7.32. The van der Waals surface area contributed by atoms with Gasteiger partial charge >= 0.3 is 226 Å². The molecule has 0 aliphatic carbocycles. The Kier molecular flexibility index (Phi) is 5.44. The Hall–Kier alpha value is -4.83. The van der Waals surface area contributed by atoms with Crippen LogP contribution in [0.4, 0.5) is 0 Å². The molecule has 0 bridgehead atoms. The van der Waals surface area contributed by atoms with Crippen molar-refractivity contribution in [1.29, 1.82) is 0 Å². The minimum atomic E-state index is 0.308. The van der Waals surface area contributed by atoms with Crippen molar-refractivity contribution in [2.75, 3.05) is 0 Å². The van der Waals surface area contributed by atoms with Crippen LogP contribution in [0, 0.1) is 0 Å². The average Bonchev–Trinajstić information content (AvgIpc) is 3.65. The topological polar surface area (TPSA) is 43.6 Å². The molecular formula is C35H22N4Se. The predicted octanol–water partition coefficient (Wildman–Crippen LogP) is 8.18. The van der Waals surface area contributed by atoms with E-state index in [1.165, 1.54) is 31.5 Å². The number of fused-ring (bicyclic) bond motifs is 5. The summed E-state index contributed by atoms with van der Waals surface area (Å²) in [6, 6.07) is 44.3. The summed E-state index contributed by atoms with van der Waals surface area (Å²) in [5.41, 5.74) is 6.49. The number of para-hydroxylation sites is 1. The second kappa shape index (κ2) is 9.42. The van der Waals surface area contributed by atoms with Crippen molar-refractivity contribution in [3.05, 3.63) is 132 Å². The van der Waals surface area contributed by atoms with E-state index in [1.807, 2.05) is 60.7 Å². The normalized spacial score (nSPS) is 11.5. The van der Waals surface area contributed by atoms with Crippen LogP contribution in [0.1, 0.15) is 0 Å². The summed E-state index contributed by atoms with van der Waals surface area (Å²) in [6.07, 6.45) is 0. The summed E-state index contributed by atoms with van der Waals surface area (Å²) in [7, 11) is 0. The van der Waals surface area contributed by atoms with E-state index in [0.29, 0.717) is 32.0 Å². The summed E-state index contributed by atoms with van der Waals surface area (Å²) in [4.78, 5) is 17.1. The van der Waals surface area contributed by atoms with E-state index in [9.17, 15) is 0 Å². The Labute approximate surface area is 237 Å². The number of rotatable bonds is 4. The van der Waals surface area contributed by atoms with E-state index < -0.39 is 0 Å². The van der Waals surface area contributed by atoms with Gasteiger partial charge in [-0.3, -0.25) is 0 Å². The molecule has 0 atom stereocenters. The SMILES string of the molecule is c1ccc(-c2nc(-c3ccccc3)nc(-c3cccc(-n4c5ccccc5c5ccc6cc[se]c6c54)c3)n2)cc1. The van der Waals surface area contributed by atoms with E-state index in [1.54, 1.807) is 0 Å². The third kappa shape index (κ3) is 3.79. The molecule has 188 valence electrons. The van der Waals surface area contributed by atoms with Gasteiger partial charge < -0.3 is 0 Å². The van der Waals surface area contributed by atoms with Gasteiger partial charge in [0.2, 0.25) is 0 Å². The van der Waals surface area contributed by atoms with Crippen LogP contribution in [-0.2, 0) is 0 Å². The first-order chi connectivity index (χ1) is 19.8. The van der Waals surface area contributed by atoms with Crippen molar-refractivity contribution < 1.29 is 0 Å². The van der Waals surface area contributed by atoms with Crippen LogP contribution in [0.3, 0.4) is 0 Å². The first-order valence-corrected chi connectivity index (χ1v) is 15.1.